The monoisotopic (exact) mass is 453 g/mol. The zero-order valence-corrected chi connectivity index (χ0v) is 18.6. The van der Waals surface area contributed by atoms with Gasteiger partial charge in [-0.25, -0.2) is 0 Å². The number of aromatic nitrogens is 2. The molecule has 5 rings (SSSR count). The van der Waals surface area contributed by atoms with E-state index in [0.717, 1.165) is 5.56 Å². The lowest BCUT2D eigenvalue weighted by molar-refractivity contribution is 0.0992. The number of hydrogen-bond acceptors (Lipinski definition) is 5. The predicted octanol–water partition coefficient (Wildman–Crippen LogP) is 5.52. The van der Waals surface area contributed by atoms with E-state index in [1.165, 1.54) is 10.8 Å². The molecule has 0 radical (unpaired) electrons. The van der Waals surface area contributed by atoms with Crippen molar-refractivity contribution in [1.29, 1.82) is 0 Å². The summed E-state index contributed by atoms with van der Waals surface area (Å²) in [5.74, 6) is 1.75. The maximum atomic E-state index is 12.6. The summed E-state index contributed by atoms with van der Waals surface area (Å²) >= 11 is 0. The van der Waals surface area contributed by atoms with E-state index in [-0.39, 0.29) is 18.3 Å². The van der Waals surface area contributed by atoms with Gasteiger partial charge in [0.25, 0.3) is 5.91 Å². The van der Waals surface area contributed by atoms with E-state index in [4.69, 9.17) is 13.9 Å². The Morgan fingerprint density at radius 1 is 1.00 bits per heavy atom. The van der Waals surface area contributed by atoms with Crippen molar-refractivity contribution in [2.24, 2.45) is 0 Å². The van der Waals surface area contributed by atoms with Gasteiger partial charge in [0.2, 0.25) is 0 Å². The lowest BCUT2D eigenvalue weighted by atomic mass is 10.0. The van der Waals surface area contributed by atoms with Crippen molar-refractivity contribution < 1.29 is 18.7 Å². The highest BCUT2D eigenvalue weighted by molar-refractivity contribution is 6.02. The van der Waals surface area contributed by atoms with Gasteiger partial charge in [-0.2, -0.15) is 5.10 Å². The number of anilines is 1. The van der Waals surface area contributed by atoms with E-state index >= 15 is 0 Å². The Morgan fingerprint density at radius 3 is 2.74 bits per heavy atom. The van der Waals surface area contributed by atoms with E-state index in [0.29, 0.717) is 29.5 Å². The summed E-state index contributed by atoms with van der Waals surface area (Å²) in [5.41, 5.74) is 1.75. The first-order chi connectivity index (χ1) is 16.7. The van der Waals surface area contributed by atoms with Crippen LogP contribution in [0, 0.1) is 0 Å². The Morgan fingerprint density at radius 2 is 1.82 bits per heavy atom. The Hall–Kier alpha value is -4.52. The molecule has 0 saturated carbocycles. The molecule has 34 heavy (non-hydrogen) atoms. The molecule has 0 unspecified atom stereocenters. The summed E-state index contributed by atoms with van der Waals surface area (Å²) in [6.07, 6.45) is 3.42. The highest BCUT2D eigenvalue weighted by atomic mass is 16.5. The first-order valence-corrected chi connectivity index (χ1v) is 10.8. The fourth-order valence-electron chi connectivity index (χ4n) is 3.74. The third-order valence-corrected chi connectivity index (χ3v) is 5.41. The standard InChI is InChI=1S/C27H23N3O4/c1-32-22-9-5-10-23(14-22)33-18-24-12-13-26(34-24)27(31)29-21-15-28-30(17-21)16-20-8-4-7-19-6-2-3-11-25(19)20/h2-15,17H,16,18H2,1H3,(H,29,31). The molecule has 2 heterocycles. The van der Waals surface area contributed by atoms with Crippen molar-refractivity contribution >= 4 is 22.4 Å². The van der Waals surface area contributed by atoms with E-state index in [1.54, 1.807) is 42.4 Å². The van der Waals surface area contributed by atoms with E-state index in [9.17, 15) is 4.79 Å². The molecule has 5 aromatic rings. The number of carbonyl (C=O) groups excluding carboxylic acids is 1. The summed E-state index contributed by atoms with van der Waals surface area (Å²) in [5, 5.41) is 9.59. The molecule has 7 nitrogen and oxygen atoms in total. The largest absolute Gasteiger partial charge is 0.497 e. The van der Waals surface area contributed by atoms with Gasteiger partial charge in [0, 0.05) is 12.3 Å². The number of carbonyl (C=O) groups is 1. The number of rotatable bonds is 8. The van der Waals surface area contributed by atoms with Gasteiger partial charge in [-0.15, -0.1) is 0 Å². The molecule has 1 amide bonds. The van der Waals surface area contributed by atoms with Gasteiger partial charge < -0.3 is 19.2 Å². The number of fused-ring (bicyclic) bond motifs is 1. The van der Waals surface area contributed by atoms with Crippen molar-refractivity contribution in [3.63, 3.8) is 0 Å². The molecule has 0 bridgehead atoms. The first-order valence-electron chi connectivity index (χ1n) is 10.8. The van der Waals surface area contributed by atoms with Crippen LogP contribution in [0.1, 0.15) is 21.9 Å². The molecule has 2 aromatic heterocycles. The SMILES string of the molecule is COc1cccc(OCc2ccc(C(=O)Nc3cnn(Cc4cccc5ccccc45)c3)o2)c1. The second-order valence-electron chi connectivity index (χ2n) is 7.75. The number of nitrogens with zero attached hydrogens (tertiary/aromatic N) is 2. The Balaban J connectivity index is 1.20. The van der Waals surface area contributed by atoms with Gasteiger partial charge in [-0.05, 0) is 40.6 Å². The van der Waals surface area contributed by atoms with Crippen LogP contribution in [-0.4, -0.2) is 22.8 Å². The van der Waals surface area contributed by atoms with Crippen LogP contribution in [0.15, 0.2) is 95.7 Å². The van der Waals surface area contributed by atoms with Crippen LogP contribution in [0.5, 0.6) is 11.5 Å². The minimum Gasteiger partial charge on any atom is -0.497 e. The smallest absolute Gasteiger partial charge is 0.291 e. The van der Waals surface area contributed by atoms with Crippen LogP contribution in [-0.2, 0) is 13.2 Å². The average molecular weight is 453 g/mol. The average Bonchev–Trinajstić information content (AvgIpc) is 3.53. The molecule has 1 N–H and O–H groups in total. The topological polar surface area (TPSA) is 78.5 Å². The number of methoxy groups -OCH3 is 1. The minimum absolute atomic E-state index is 0.198. The molecule has 0 aliphatic heterocycles. The Kier molecular flexibility index (Phi) is 5.99. The summed E-state index contributed by atoms with van der Waals surface area (Å²) < 4.78 is 18.4. The van der Waals surface area contributed by atoms with Gasteiger partial charge >= 0.3 is 0 Å². The second-order valence-corrected chi connectivity index (χ2v) is 7.75. The summed E-state index contributed by atoms with van der Waals surface area (Å²) in [7, 11) is 1.60. The van der Waals surface area contributed by atoms with E-state index in [2.05, 4.69) is 34.7 Å². The Labute approximate surface area is 196 Å². The van der Waals surface area contributed by atoms with Gasteiger partial charge in [0.1, 0.15) is 23.9 Å². The molecule has 7 heteroatoms. The van der Waals surface area contributed by atoms with Gasteiger partial charge in [0.05, 0.1) is 25.5 Å². The van der Waals surface area contributed by atoms with Crippen LogP contribution in [0.3, 0.4) is 0 Å². The lowest BCUT2D eigenvalue weighted by Gasteiger charge is -2.06. The van der Waals surface area contributed by atoms with Crippen LogP contribution in [0.2, 0.25) is 0 Å². The molecule has 0 aliphatic rings. The second kappa shape index (κ2) is 9.54. The molecule has 0 spiro atoms. The lowest BCUT2D eigenvalue weighted by Crippen LogP contribution is -2.10. The molecule has 0 fully saturated rings. The van der Waals surface area contributed by atoms with Crippen LogP contribution in [0.4, 0.5) is 5.69 Å². The fraction of sp³-hybridized carbons (Fsp3) is 0.111. The summed E-state index contributed by atoms with van der Waals surface area (Å²) in [6, 6.07) is 25.1. The van der Waals surface area contributed by atoms with Crippen molar-refractivity contribution in [3.05, 3.63) is 108 Å². The molecule has 170 valence electrons. The number of ether oxygens (including phenoxy) is 2. The van der Waals surface area contributed by atoms with E-state index < -0.39 is 0 Å². The maximum absolute atomic E-state index is 12.6. The van der Waals surface area contributed by atoms with Crippen LogP contribution in [0.25, 0.3) is 10.8 Å². The summed E-state index contributed by atoms with van der Waals surface area (Å²) in [4.78, 5) is 12.6. The number of benzene rings is 3. The highest BCUT2D eigenvalue weighted by Gasteiger charge is 2.13. The van der Waals surface area contributed by atoms with Crippen molar-refractivity contribution in [2.75, 3.05) is 12.4 Å². The van der Waals surface area contributed by atoms with Crippen molar-refractivity contribution in [1.82, 2.24) is 9.78 Å². The maximum Gasteiger partial charge on any atom is 0.291 e. The normalized spacial score (nSPS) is 10.9. The third-order valence-electron chi connectivity index (χ3n) is 5.41. The van der Waals surface area contributed by atoms with Crippen molar-refractivity contribution in [3.8, 4) is 11.5 Å². The van der Waals surface area contributed by atoms with Crippen LogP contribution < -0.4 is 14.8 Å². The third kappa shape index (κ3) is 4.78. The molecular formula is C27H23N3O4. The quantitative estimate of drug-likeness (QED) is 0.335. The molecular weight excluding hydrogens is 430 g/mol. The molecule has 0 aliphatic carbocycles. The number of hydrogen-bond donors (Lipinski definition) is 1. The number of amides is 1. The molecule has 0 saturated heterocycles. The Bertz CT molecular complexity index is 1430. The first kappa shape index (κ1) is 21.3. The van der Waals surface area contributed by atoms with E-state index in [1.807, 2.05) is 36.4 Å². The van der Waals surface area contributed by atoms with Gasteiger partial charge in [0.15, 0.2) is 5.76 Å². The zero-order chi connectivity index (χ0) is 23.3. The van der Waals surface area contributed by atoms with Crippen molar-refractivity contribution in [2.45, 2.75) is 13.2 Å². The zero-order valence-electron chi connectivity index (χ0n) is 18.6. The van der Waals surface area contributed by atoms with Gasteiger partial charge in [-0.3, -0.25) is 9.48 Å². The predicted molar refractivity (Wildman–Crippen MR) is 129 cm³/mol. The molecule has 3 aromatic carbocycles. The molecule has 0 atom stereocenters. The van der Waals surface area contributed by atoms with Gasteiger partial charge in [-0.1, -0.05) is 48.5 Å². The summed E-state index contributed by atoms with van der Waals surface area (Å²) in [6.45, 7) is 0.799. The van der Waals surface area contributed by atoms with Crippen LogP contribution >= 0.6 is 0 Å². The minimum atomic E-state index is -0.350. The number of nitrogens with one attached hydrogen (secondary N) is 1. The number of furan rings is 1. The highest BCUT2D eigenvalue weighted by Crippen LogP contribution is 2.22. The fourth-order valence-corrected chi connectivity index (χ4v) is 3.74.